The summed E-state index contributed by atoms with van der Waals surface area (Å²) in [5, 5.41) is 3.27. The van der Waals surface area contributed by atoms with E-state index in [1.165, 1.54) is 37.9 Å². The van der Waals surface area contributed by atoms with Crippen LogP contribution in [0.15, 0.2) is 30.6 Å². The van der Waals surface area contributed by atoms with Crippen LogP contribution in [0, 0.1) is 0 Å². The number of nitrogens with one attached hydrogen (secondary N) is 1. The molecular weight excluding hydrogens is 248 g/mol. The Labute approximate surface area is 120 Å². The molecule has 2 aromatic rings. The lowest BCUT2D eigenvalue weighted by molar-refractivity contribution is 0.131. The molecule has 20 heavy (non-hydrogen) atoms. The van der Waals surface area contributed by atoms with Crippen LogP contribution in [-0.2, 0) is 6.54 Å². The van der Waals surface area contributed by atoms with E-state index in [4.69, 9.17) is 4.98 Å². The van der Waals surface area contributed by atoms with Gasteiger partial charge in [-0.05, 0) is 51.5 Å². The topological polar surface area (TPSA) is 32.6 Å². The number of hydrogen-bond donors (Lipinski definition) is 1. The monoisotopic (exact) mass is 272 g/mol. The van der Waals surface area contributed by atoms with Gasteiger partial charge in [0.05, 0.1) is 5.69 Å². The highest BCUT2D eigenvalue weighted by Crippen LogP contribution is 2.21. The quantitative estimate of drug-likeness (QED) is 0.906. The van der Waals surface area contributed by atoms with Gasteiger partial charge in [-0.3, -0.25) is 4.90 Å². The van der Waals surface area contributed by atoms with Crippen LogP contribution in [-0.4, -0.2) is 40.5 Å². The molecular formula is C16H24N4. The number of piperidine rings is 1. The summed E-state index contributed by atoms with van der Waals surface area (Å²) in [6.07, 6.45) is 9.50. The van der Waals surface area contributed by atoms with Gasteiger partial charge < -0.3 is 9.72 Å². The van der Waals surface area contributed by atoms with Crippen LogP contribution in [0.3, 0.4) is 0 Å². The first-order valence-corrected chi connectivity index (χ1v) is 7.68. The summed E-state index contributed by atoms with van der Waals surface area (Å²) in [5.74, 6) is 0. The second kappa shape index (κ2) is 6.37. The Kier molecular flexibility index (Phi) is 4.33. The molecule has 1 aliphatic rings. The number of hydrogen-bond acceptors (Lipinski definition) is 3. The lowest BCUT2D eigenvalue weighted by atomic mass is 9.99. The van der Waals surface area contributed by atoms with Crippen molar-refractivity contribution in [3.63, 3.8) is 0 Å². The Hall–Kier alpha value is -1.39. The third-order valence-corrected chi connectivity index (χ3v) is 4.26. The summed E-state index contributed by atoms with van der Waals surface area (Å²) in [6, 6.07) is 6.87. The van der Waals surface area contributed by atoms with Crippen LogP contribution < -0.4 is 5.32 Å². The molecule has 108 valence electrons. The van der Waals surface area contributed by atoms with E-state index >= 15 is 0 Å². The van der Waals surface area contributed by atoms with Crippen molar-refractivity contribution in [3.05, 3.63) is 36.3 Å². The molecule has 0 amide bonds. The zero-order valence-electron chi connectivity index (χ0n) is 12.3. The van der Waals surface area contributed by atoms with Crippen LogP contribution in [0.5, 0.6) is 0 Å². The van der Waals surface area contributed by atoms with Gasteiger partial charge in [0.1, 0.15) is 5.65 Å². The summed E-state index contributed by atoms with van der Waals surface area (Å²) >= 11 is 0. The SMILES string of the molecule is CNCCC1CCCCN1Cc1cn2ccccc2n1. The average molecular weight is 272 g/mol. The first-order chi connectivity index (χ1) is 9.86. The molecule has 3 heterocycles. The maximum Gasteiger partial charge on any atom is 0.137 e. The van der Waals surface area contributed by atoms with Gasteiger partial charge in [-0.1, -0.05) is 12.5 Å². The van der Waals surface area contributed by atoms with E-state index in [-0.39, 0.29) is 0 Å². The fourth-order valence-corrected chi connectivity index (χ4v) is 3.18. The van der Waals surface area contributed by atoms with Crippen molar-refractivity contribution in [2.75, 3.05) is 20.1 Å². The van der Waals surface area contributed by atoms with Crippen LogP contribution in [0.2, 0.25) is 0 Å². The van der Waals surface area contributed by atoms with Crippen LogP contribution in [0.1, 0.15) is 31.4 Å². The number of pyridine rings is 1. The molecule has 4 nitrogen and oxygen atoms in total. The minimum atomic E-state index is 0.709. The van der Waals surface area contributed by atoms with Crippen molar-refractivity contribution in [1.29, 1.82) is 0 Å². The van der Waals surface area contributed by atoms with Gasteiger partial charge >= 0.3 is 0 Å². The smallest absolute Gasteiger partial charge is 0.137 e. The largest absolute Gasteiger partial charge is 0.320 e. The van der Waals surface area contributed by atoms with E-state index < -0.39 is 0 Å². The van der Waals surface area contributed by atoms with Crippen molar-refractivity contribution in [3.8, 4) is 0 Å². The first-order valence-electron chi connectivity index (χ1n) is 7.68. The fourth-order valence-electron chi connectivity index (χ4n) is 3.18. The van der Waals surface area contributed by atoms with Crippen LogP contribution in [0.4, 0.5) is 0 Å². The van der Waals surface area contributed by atoms with Gasteiger partial charge in [0.2, 0.25) is 0 Å². The Morgan fingerprint density at radius 3 is 3.15 bits per heavy atom. The second-order valence-electron chi connectivity index (χ2n) is 5.71. The summed E-state index contributed by atoms with van der Waals surface area (Å²) in [4.78, 5) is 7.34. The lowest BCUT2D eigenvalue weighted by Gasteiger charge is -2.35. The summed E-state index contributed by atoms with van der Waals surface area (Å²) in [6.45, 7) is 3.30. The fraction of sp³-hybridized carbons (Fsp3) is 0.562. The Balaban J connectivity index is 1.70. The number of rotatable bonds is 5. The minimum Gasteiger partial charge on any atom is -0.320 e. The summed E-state index contributed by atoms with van der Waals surface area (Å²) in [5.41, 5.74) is 2.24. The maximum absolute atomic E-state index is 4.73. The standard InChI is InChI=1S/C16H24N4/c1-17-9-8-15-6-2-4-10-19(15)12-14-13-20-11-5-3-7-16(20)18-14/h3,5,7,11,13,15,17H,2,4,6,8-10,12H2,1H3. The Bertz CT molecular complexity index is 515. The molecule has 1 N–H and O–H groups in total. The predicted molar refractivity (Wildman–Crippen MR) is 81.8 cm³/mol. The number of likely N-dealkylation sites (tertiary alicyclic amines) is 1. The average Bonchev–Trinajstić information content (AvgIpc) is 2.88. The molecule has 0 radical (unpaired) electrons. The van der Waals surface area contributed by atoms with Gasteiger partial charge in [0.15, 0.2) is 0 Å². The zero-order valence-corrected chi connectivity index (χ0v) is 12.3. The van der Waals surface area contributed by atoms with Gasteiger partial charge in [0.25, 0.3) is 0 Å². The molecule has 0 aliphatic carbocycles. The van der Waals surface area contributed by atoms with Crippen molar-refractivity contribution in [2.24, 2.45) is 0 Å². The van der Waals surface area contributed by atoms with Crippen molar-refractivity contribution >= 4 is 5.65 Å². The van der Waals surface area contributed by atoms with Gasteiger partial charge in [-0.2, -0.15) is 0 Å². The van der Waals surface area contributed by atoms with E-state index in [1.807, 2.05) is 13.1 Å². The summed E-state index contributed by atoms with van der Waals surface area (Å²) < 4.78 is 2.11. The van der Waals surface area contributed by atoms with Crippen molar-refractivity contribution in [1.82, 2.24) is 19.6 Å². The van der Waals surface area contributed by atoms with Crippen LogP contribution >= 0.6 is 0 Å². The molecule has 0 saturated carbocycles. The third kappa shape index (κ3) is 3.02. The molecule has 0 bridgehead atoms. The molecule has 1 saturated heterocycles. The molecule has 2 aromatic heterocycles. The molecule has 1 fully saturated rings. The maximum atomic E-state index is 4.73. The molecule has 0 spiro atoms. The Morgan fingerprint density at radius 1 is 1.35 bits per heavy atom. The molecule has 1 atom stereocenters. The number of aromatic nitrogens is 2. The number of nitrogens with zero attached hydrogens (tertiary/aromatic N) is 3. The molecule has 4 heteroatoms. The van der Waals surface area contributed by atoms with E-state index in [2.05, 4.69) is 39.1 Å². The third-order valence-electron chi connectivity index (χ3n) is 4.26. The minimum absolute atomic E-state index is 0.709. The van der Waals surface area contributed by atoms with Crippen molar-refractivity contribution < 1.29 is 0 Å². The Morgan fingerprint density at radius 2 is 2.30 bits per heavy atom. The molecule has 0 aromatic carbocycles. The highest BCUT2D eigenvalue weighted by molar-refractivity contribution is 5.39. The second-order valence-corrected chi connectivity index (χ2v) is 5.71. The van der Waals surface area contributed by atoms with E-state index in [0.29, 0.717) is 6.04 Å². The van der Waals surface area contributed by atoms with Crippen molar-refractivity contribution in [2.45, 2.75) is 38.3 Å². The van der Waals surface area contributed by atoms with Crippen LogP contribution in [0.25, 0.3) is 5.65 Å². The van der Waals surface area contributed by atoms with E-state index in [1.54, 1.807) is 0 Å². The predicted octanol–water partition coefficient (Wildman–Crippen LogP) is 2.30. The van der Waals surface area contributed by atoms with Gasteiger partial charge in [-0.25, -0.2) is 4.98 Å². The normalized spacial score (nSPS) is 20.6. The number of fused-ring (bicyclic) bond motifs is 1. The first kappa shape index (κ1) is 13.6. The molecule has 1 aliphatic heterocycles. The molecule has 1 unspecified atom stereocenters. The lowest BCUT2D eigenvalue weighted by Crippen LogP contribution is -2.40. The van der Waals surface area contributed by atoms with E-state index in [0.717, 1.165) is 18.7 Å². The highest BCUT2D eigenvalue weighted by atomic mass is 15.2. The summed E-state index contributed by atoms with van der Waals surface area (Å²) in [7, 11) is 2.04. The highest BCUT2D eigenvalue weighted by Gasteiger charge is 2.22. The van der Waals surface area contributed by atoms with Gasteiger partial charge in [-0.15, -0.1) is 0 Å². The zero-order chi connectivity index (χ0) is 13.8. The number of imidazole rings is 1. The van der Waals surface area contributed by atoms with E-state index in [9.17, 15) is 0 Å². The van der Waals surface area contributed by atoms with Gasteiger partial charge in [0, 0.05) is 25.0 Å². The molecule has 3 rings (SSSR count).